The molecule has 0 bridgehead atoms. The Kier molecular flexibility index (Phi) is 10.2. The van der Waals surface area contributed by atoms with Gasteiger partial charge < -0.3 is 25.0 Å². The van der Waals surface area contributed by atoms with Gasteiger partial charge in [0, 0.05) is 28.3 Å². The second kappa shape index (κ2) is 14.2. The van der Waals surface area contributed by atoms with Gasteiger partial charge in [-0.05, 0) is 88.8 Å². The van der Waals surface area contributed by atoms with Crippen molar-refractivity contribution in [2.75, 3.05) is 13.2 Å². The maximum absolute atomic E-state index is 14.7. The molecule has 0 radical (unpaired) electrons. The molecule has 2 aliphatic carbocycles. The lowest BCUT2D eigenvalue weighted by Crippen LogP contribution is -2.58. The Morgan fingerprint density at radius 2 is 1.89 bits per heavy atom. The molecule has 1 aromatic carbocycles. The molecule has 1 aromatic heterocycles. The maximum Gasteiger partial charge on any atom is 0.407 e. The van der Waals surface area contributed by atoms with Crippen LogP contribution in [0.2, 0.25) is 5.02 Å². The number of benzene rings is 1. The third-order valence-electron chi connectivity index (χ3n) is 11.9. The highest BCUT2D eigenvalue weighted by molar-refractivity contribution is 7.91. The first-order valence-electron chi connectivity index (χ1n) is 19.4. The average Bonchev–Trinajstić information content (AvgIpc) is 4.01. The fourth-order valence-corrected chi connectivity index (χ4v) is 9.61. The van der Waals surface area contributed by atoms with Crippen molar-refractivity contribution in [1.29, 1.82) is 0 Å². The number of aromatic nitrogens is 1. The summed E-state index contributed by atoms with van der Waals surface area (Å²) >= 11 is 6.39. The van der Waals surface area contributed by atoms with Crippen molar-refractivity contribution in [3.8, 4) is 5.75 Å². The van der Waals surface area contributed by atoms with Crippen molar-refractivity contribution in [3.05, 3.63) is 46.6 Å². The van der Waals surface area contributed by atoms with Crippen LogP contribution in [0.15, 0.2) is 30.4 Å². The molecule has 1 spiro atoms. The van der Waals surface area contributed by atoms with Crippen molar-refractivity contribution in [2.24, 2.45) is 11.3 Å². The fraction of sp³-hybridized carbons (Fsp3) is 0.625. The summed E-state index contributed by atoms with van der Waals surface area (Å²) in [4.78, 5) is 62.7. The summed E-state index contributed by atoms with van der Waals surface area (Å²) in [6, 6.07) is 3.44. The van der Waals surface area contributed by atoms with Gasteiger partial charge in [-0.1, -0.05) is 57.4 Å². The van der Waals surface area contributed by atoms with Gasteiger partial charge in [-0.15, -0.1) is 0 Å². The van der Waals surface area contributed by atoms with Gasteiger partial charge in [-0.2, -0.15) is 0 Å². The van der Waals surface area contributed by atoms with E-state index >= 15 is 0 Å². The van der Waals surface area contributed by atoms with E-state index in [0.717, 1.165) is 29.3 Å². The summed E-state index contributed by atoms with van der Waals surface area (Å²) in [5, 5.41) is 7.18. The van der Waals surface area contributed by atoms with Crippen molar-refractivity contribution in [1.82, 2.24) is 25.2 Å². The minimum absolute atomic E-state index is 0.0425. The van der Waals surface area contributed by atoms with Gasteiger partial charge in [0.15, 0.2) is 0 Å². The number of nitrogens with zero attached hydrogens (tertiary/aromatic N) is 2. The van der Waals surface area contributed by atoms with Crippen LogP contribution >= 0.6 is 11.6 Å². The molecule has 7 rings (SSSR count). The number of carbonyl (C=O) groups is 4. The number of rotatable bonds is 5. The van der Waals surface area contributed by atoms with E-state index in [1.54, 1.807) is 13.0 Å². The van der Waals surface area contributed by atoms with Crippen molar-refractivity contribution in [2.45, 2.75) is 133 Å². The van der Waals surface area contributed by atoms with Crippen LogP contribution in [0.5, 0.6) is 5.75 Å². The Hall–Kier alpha value is -3.91. The lowest BCUT2D eigenvalue weighted by Gasteiger charge is -2.36. The molecule has 2 aromatic rings. The summed E-state index contributed by atoms with van der Waals surface area (Å²) in [5.74, 6) is -1.68. The monoisotopic (exact) mass is 797 g/mol. The van der Waals surface area contributed by atoms with E-state index < -0.39 is 67.7 Å². The van der Waals surface area contributed by atoms with Crippen LogP contribution in [-0.4, -0.2) is 83.2 Å². The second-order valence-electron chi connectivity index (χ2n) is 17.7. The van der Waals surface area contributed by atoms with Gasteiger partial charge in [-0.3, -0.25) is 19.1 Å². The highest BCUT2D eigenvalue weighted by Gasteiger charge is 2.64. The number of allylic oxidation sites excluding steroid dienone is 1. The topological polar surface area (TPSA) is 173 Å². The number of carbonyl (C=O) groups excluding carboxylic acids is 4. The third kappa shape index (κ3) is 7.90. The molecule has 0 unspecified atom stereocenters. The Balaban J connectivity index is 1.22. The maximum atomic E-state index is 14.7. The molecule has 2 saturated carbocycles. The van der Waals surface area contributed by atoms with Crippen molar-refractivity contribution in [3.63, 3.8) is 0 Å². The largest absolute Gasteiger partial charge is 0.483 e. The molecule has 4 heterocycles. The first-order valence-corrected chi connectivity index (χ1v) is 21.3. The van der Waals surface area contributed by atoms with Crippen LogP contribution in [0.3, 0.4) is 0 Å². The van der Waals surface area contributed by atoms with Crippen LogP contribution in [0.4, 0.5) is 4.79 Å². The van der Waals surface area contributed by atoms with Gasteiger partial charge in [-0.25, -0.2) is 18.2 Å². The molecule has 3 N–H and O–H groups in total. The lowest BCUT2D eigenvalue weighted by atomic mass is 9.87. The van der Waals surface area contributed by atoms with Crippen LogP contribution in [0, 0.1) is 18.3 Å². The standard InChI is InChI=1S/C40H52ClN5O8S/c1-24-32-27(28-19-26(41)13-14-29(28)42-24)15-16-39(54-32)21-31-33(47)44-40(35(49)45-55(51,52)38(5)17-18-38)20-25(40)11-9-7-6-8-10-12-30(34(48)46(31)22-39)43-36(50)53-23-37(2,3)4/h9,11,13-14,19,25,30-31H,6-8,10,12,15-18,20-23H2,1-5H3,(H,43,50)(H,44,47)(H,45,49)/b11-9-/t25-,30+,31+,39-,40-/m1/s1. The lowest BCUT2D eigenvalue weighted by molar-refractivity contribution is -0.141. The quantitative estimate of drug-likeness (QED) is 0.335. The average molecular weight is 798 g/mol. The number of aryl methyl sites for hydroxylation is 2. The van der Waals surface area contributed by atoms with E-state index in [1.165, 1.54) is 4.90 Å². The number of sulfonamides is 1. The number of hydrogen-bond donors (Lipinski definition) is 3. The molecular formula is C40H52ClN5O8S. The minimum Gasteiger partial charge on any atom is -0.483 e. The summed E-state index contributed by atoms with van der Waals surface area (Å²) in [7, 11) is -3.99. The van der Waals surface area contributed by atoms with E-state index in [9.17, 15) is 27.6 Å². The van der Waals surface area contributed by atoms with Gasteiger partial charge in [0.05, 0.1) is 29.1 Å². The van der Waals surface area contributed by atoms with E-state index in [4.69, 9.17) is 26.1 Å². The molecule has 3 fully saturated rings. The number of pyridine rings is 1. The van der Waals surface area contributed by atoms with Crippen molar-refractivity contribution >= 4 is 56.3 Å². The smallest absolute Gasteiger partial charge is 0.407 e. The minimum atomic E-state index is -3.99. The Morgan fingerprint density at radius 1 is 1.13 bits per heavy atom. The van der Waals surface area contributed by atoms with E-state index in [1.807, 2.05) is 52.0 Å². The highest BCUT2D eigenvalue weighted by Crippen LogP contribution is 2.49. The van der Waals surface area contributed by atoms with Crippen molar-refractivity contribution < 1.29 is 37.1 Å². The molecule has 4 amide bonds. The van der Waals surface area contributed by atoms with E-state index in [2.05, 4.69) is 15.4 Å². The number of halogens is 1. The molecule has 3 aliphatic heterocycles. The summed E-state index contributed by atoms with van der Waals surface area (Å²) < 4.78 is 40.0. The van der Waals surface area contributed by atoms with E-state index in [0.29, 0.717) is 61.4 Å². The molecule has 55 heavy (non-hydrogen) atoms. The molecular weight excluding hydrogens is 746 g/mol. The normalized spacial score (nSPS) is 29.7. The summed E-state index contributed by atoms with van der Waals surface area (Å²) in [6.45, 7) is 9.46. The first kappa shape index (κ1) is 39.3. The van der Waals surface area contributed by atoms with Gasteiger partial charge >= 0.3 is 6.09 Å². The molecule has 1 saturated heterocycles. The number of ether oxygens (including phenoxy) is 2. The van der Waals surface area contributed by atoms with Crippen LogP contribution in [0.1, 0.15) is 103 Å². The highest BCUT2D eigenvalue weighted by atomic mass is 35.5. The Labute approximate surface area is 327 Å². The molecule has 298 valence electrons. The van der Waals surface area contributed by atoms with E-state index in [-0.39, 0.29) is 31.4 Å². The Bertz CT molecular complexity index is 2060. The van der Waals surface area contributed by atoms with Crippen LogP contribution in [-0.2, 0) is 35.6 Å². The molecule has 5 aliphatic rings. The number of hydrogen-bond acceptors (Lipinski definition) is 9. The third-order valence-corrected chi connectivity index (χ3v) is 14.3. The molecule has 5 atom stereocenters. The van der Waals surface area contributed by atoms with Gasteiger partial charge in [0.2, 0.25) is 21.8 Å². The summed E-state index contributed by atoms with van der Waals surface area (Å²) in [5.41, 5.74) is -0.393. The number of fused-ring (bicyclic) bond motifs is 5. The second-order valence-corrected chi connectivity index (χ2v) is 20.3. The molecule has 13 nitrogen and oxygen atoms in total. The van der Waals surface area contributed by atoms with Crippen LogP contribution < -0.4 is 20.1 Å². The predicted octanol–water partition coefficient (Wildman–Crippen LogP) is 5.40. The van der Waals surface area contributed by atoms with Gasteiger partial charge in [0.25, 0.3) is 5.91 Å². The number of alkyl carbamates (subject to hydrolysis) is 1. The predicted molar refractivity (Wildman–Crippen MR) is 207 cm³/mol. The first-order chi connectivity index (χ1) is 25.8. The zero-order valence-electron chi connectivity index (χ0n) is 32.3. The SMILES string of the molecule is Cc1nc2ccc(Cl)cc2c2c1O[C@]1(CC2)C[C@H]2C(=O)N[C@]3(C(=O)NS(=O)(=O)C4(C)CC4)C[C@H]3/C=C\CCCCC[C@H](NC(=O)OCC(C)(C)C)C(=O)N2C1. The van der Waals surface area contributed by atoms with Gasteiger partial charge in [0.1, 0.15) is 29.0 Å². The Morgan fingerprint density at radius 3 is 2.62 bits per heavy atom. The summed E-state index contributed by atoms with van der Waals surface area (Å²) in [6.07, 6.45) is 8.61. The molecule has 15 heteroatoms. The van der Waals surface area contributed by atoms with Crippen LogP contribution in [0.25, 0.3) is 10.9 Å². The number of amides is 4. The number of nitrogens with one attached hydrogen (secondary N) is 3. The fourth-order valence-electron chi connectivity index (χ4n) is 8.13. The zero-order valence-corrected chi connectivity index (χ0v) is 33.8. The zero-order chi connectivity index (χ0) is 39.6.